The maximum absolute atomic E-state index is 12.3. The van der Waals surface area contributed by atoms with Crippen LogP contribution in [0, 0.1) is 0 Å². The van der Waals surface area contributed by atoms with Crippen LogP contribution in [0.3, 0.4) is 0 Å². The molecule has 1 heterocycles. The summed E-state index contributed by atoms with van der Waals surface area (Å²) < 4.78 is 0. The van der Waals surface area contributed by atoms with Crippen molar-refractivity contribution in [2.24, 2.45) is 0 Å². The molecule has 16 heavy (non-hydrogen) atoms. The first kappa shape index (κ1) is 11.9. The quantitative estimate of drug-likeness (QED) is 0.718. The zero-order valence-electron chi connectivity index (χ0n) is 9.82. The van der Waals surface area contributed by atoms with Crippen molar-refractivity contribution in [2.75, 3.05) is 19.7 Å². The van der Waals surface area contributed by atoms with E-state index in [1.807, 2.05) is 4.90 Å². The van der Waals surface area contributed by atoms with Gasteiger partial charge < -0.3 is 15.3 Å². The van der Waals surface area contributed by atoms with Crippen LogP contribution in [0.2, 0.25) is 0 Å². The molecule has 2 fully saturated rings. The summed E-state index contributed by atoms with van der Waals surface area (Å²) in [6, 6.07) is 0.487. The smallest absolute Gasteiger partial charge is 0.239 e. The minimum absolute atomic E-state index is 0.0410. The van der Waals surface area contributed by atoms with E-state index in [4.69, 9.17) is 5.11 Å². The summed E-state index contributed by atoms with van der Waals surface area (Å²) in [5, 5.41) is 12.1. The molecule has 2 aliphatic rings. The van der Waals surface area contributed by atoms with Crippen molar-refractivity contribution in [3.8, 4) is 0 Å². The summed E-state index contributed by atoms with van der Waals surface area (Å²) in [5.74, 6) is 0.260. The molecule has 1 aliphatic heterocycles. The second-order valence-corrected chi connectivity index (χ2v) is 4.84. The fraction of sp³-hybridized carbons (Fsp3) is 0.917. The average molecular weight is 226 g/mol. The summed E-state index contributed by atoms with van der Waals surface area (Å²) in [6.45, 7) is 1.86. The molecule has 1 saturated carbocycles. The summed E-state index contributed by atoms with van der Waals surface area (Å²) in [6.07, 6.45) is 6.31. The number of carbonyl (C=O) groups excluding carboxylic acids is 1. The number of hydrogen-bond acceptors (Lipinski definition) is 3. The highest BCUT2D eigenvalue weighted by Crippen LogP contribution is 2.26. The molecule has 2 rings (SSSR count). The van der Waals surface area contributed by atoms with Gasteiger partial charge in [-0.25, -0.2) is 0 Å². The third-order valence-electron chi connectivity index (χ3n) is 3.71. The van der Waals surface area contributed by atoms with Crippen molar-refractivity contribution >= 4 is 5.91 Å². The van der Waals surface area contributed by atoms with Crippen LogP contribution in [-0.4, -0.2) is 47.7 Å². The Labute approximate surface area is 97.0 Å². The van der Waals surface area contributed by atoms with Gasteiger partial charge in [-0.05, 0) is 45.1 Å². The number of nitrogens with zero attached hydrogens (tertiary/aromatic N) is 1. The molecule has 4 heteroatoms. The molecular weight excluding hydrogens is 204 g/mol. The molecule has 0 spiro atoms. The van der Waals surface area contributed by atoms with Crippen LogP contribution in [0.4, 0.5) is 0 Å². The van der Waals surface area contributed by atoms with E-state index in [1.54, 1.807) is 0 Å². The SMILES string of the molecule is O=C([C@H]1CCCN1)N(CCCO)C1CCC1. The van der Waals surface area contributed by atoms with Crippen LogP contribution in [-0.2, 0) is 4.79 Å². The Balaban J connectivity index is 1.90. The standard InChI is InChI=1S/C12H22N2O2/c15-9-3-8-14(10-4-1-5-10)12(16)11-6-2-7-13-11/h10-11,13,15H,1-9H2/t11-/m1/s1. The maximum Gasteiger partial charge on any atom is 0.239 e. The molecular formula is C12H22N2O2. The molecule has 1 amide bonds. The van der Waals surface area contributed by atoms with Crippen LogP contribution in [0.15, 0.2) is 0 Å². The monoisotopic (exact) mass is 226 g/mol. The first-order valence-electron chi connectivity index (χ1n) is 6.47. The second kappa shape index (κ2) is 5.64. The van der Waals surface area contributed by atoms with Crippen LogP contribution in [0.5, 0.6) is 0 Å². The van der Waals surface area contributed by atoms with E-state index >= 15 is 0 Å². The molecule has 92 valence electrons. The van der Waals surface area contributed by atoms with Gasteiger partial charge in [0.1, 0.15) is 0 Å². The van der Waals surface area contributed by atoms with Gasteiger partial charge in [0.25, 0.3) is 0 Å². The van der Waals surface area contributed by atoms with Crippen molar-refractivity contribution in [1.82, 2.24) is 10.2 Å². The first-order chi connectivity index (χ1) is 7.83. The van der Waals surface area contributed by atoms with E-state index in [-0.39, 0.29) is 18.6 Å². The van der Waals surface area contributed by atoms with Crippen LogP contribution >= 0.6 is 0 Å². The lowest BCUT2D eigenvalue weighted by molar-refractivity contribution is -0.137. The van der Waals surface area contributed by atoms with Crippen LogP contribution < -0.4 is 5.32 Å². The van der Waals surface area contributed by atoms with Crippen LogP contribution in [0.25, 0.3) is 0 Å². The van der Waals surface area contributed by atoms with Gasteiger partial charge >= 0.3 is 0 Å². The normalized spacial score (nSPS) is 25.4. The van der Waals surface area contributed by atoms with Crippen LogP contribution in [0.1, 0.15) is 38.5 Å². The summed E-state index contributed by atoms with van der Waals surface area (Å²) in [4.78, 5) is 14.3. The molecule has 1 atom stereocenters. The van der Waals surface area contributed by atoms with E-state index in [0.717, 1.165) is 38.8 Å². The fourth-order valence-corrected chi connectivity index (χ4v) is 2.51. The molecule has 0 aromatic carbocycles. The number of aliphatic hydroxyl groups excluding tert-OH is 1. The van der Waals surface area contributed by atoms with Crippen molar-refractivity contribution in [3.63, 3.8) is 0 Å². The maximum atomic E-state index is 12.3. The predicted octanol–water partition coefficient (Wildman–Crippen LogP) is 0.502. The molecule has 4 nitrogen and oxygen atoms in total. The Morgan fingerprint density at radius 2 is 2.12 bits per heavy atom. The van der Waals surface area contributed by atoms with E-state index in [9.17, 15) is 4.79 Å². The van der Waals surface area contributed by atoms with Gasteiger partial charge in [0.2, 0.25) is 5.91 Å². The Bertz CT molecular complexity index is 235. The lowest BCUT2D eigenvalue weighted by Crippen LogP contribution is -2.51. The zero-order valence-corrected chi connectivity index (χ0v) is 9.82. The van der Waals surface area contributed by atoms with E-state index < -0.39 is 0 Å². The number of carbonyl (C=O) groups is 1. The molecule has 0 aromatic rings. The lowest BCUT2D eigenvalue weighted by atomic mass is 9.90. The molecule has 1 aliphatic carbocycles. The number of amides is 1. The van der Waals surface area contributed by atoms with Gasteiger partial charge in [0.15, 0.2) is 0 Å². The zero-order chi connectivity index (χ0) is 11.4. The fourth-order valence-electron chi connectivity index (χ4n) is 2.51. The second-order valence-electron chi connectivity index (χ2n) is 4.84. The highest BCUT2D eigenvalue weighted by Gasteiger charge is 2.33. The summed E-state index contributed by atoms with van der Waals surface area (Å²) >= 11 is 0. The minimum atomic E-state index is 0.0410. The number of nitrogens with one attached hydrogen (secondary N) is 1. The number of rotatable bonds is 5. The Hall–Kier alpha value is -0.610. The third-order valence-corrected chi connectivity index (χ3v) is 3.71. The highest BCUT2D eigenvalue weighted by atomic mass is 16.3. The summed E-state index contributed by atoms with van der Waals surface area (Å²) in [7, 11) is 0. The van der Waals surface area contributed by atoms with Gasteiger partial charge in [-0.2, -0.15) is 0 Å². The largest absolute Gasteiger partial charge is 0.396 e. The van der Waals surface area contributed by atoms with Gasteiger partial charge in [-0.15, -0.1) is 0 Å². The van der Waals surface area contributed by atoms with Crippen molar-refractivity contribution in [1.29, 1.82) is 0 Å². The topological polar surface area (TPSA) is 52.6 Å². The van der Waals surface area contributed by atoms with Gasteiger partial charge in [-0.3, -0.25) is 4.79 Å². The third kappa shape index (κ3) is 2.55. The van der Waals surface area contributed by atoms with Crippen molar-refractivity contribution < 1.29 is 9.90 Å². The average Bonchev–Trinajstić information content (AvgIpc) is 2.73. The lowest BCUT2D eigenvalue weighted by Gasteiger charge is -2.39. The first-order valence-corrected chi connectivity index (χ1v) is 6.47. The van der Waals surface area contributed by atoms with Gasteiger partial charge in [-0.1, -0.05) is 0 Å². The van der Waals surface area contributed by atoms with E-state index in [2.05, 4.69) is 5.32 Å². The molecule has 1 saturated heterocycles. The Morgan fingerprint density at radius 3 is 2.62 bits per heavy atom. The molecule has 0 aromatic heterocycles. The van der Waals surface area contributed by atoms with Gasteiger partial charge in [0, 0.05) is 19.2 Å². The highest BCUT2D eigenvalue weighted by molar-refractivity contribution is 5.82. The van der Waals surface area contributed by atoms with Crippen molar-refractivity contribution in [3.05, 3.63) is 0 Å². The Morgan fingerprint density at radius 1 is 1.31 bits per heavy atom. The molecule has 0 unspecified atom stereocenters. The van der Waals surface area contributed by atoms with Gasteiger partial charge in [0.05, 0.1) is 6.04 Å². The van der Waals surface area contributed by atoms with E-state index in [1.165, 1.54) is 6.42 Å². The minimum Gasteiger partial charge on any atom is -0.396 e. The Kier molecular flexibility index (Phi) is 4.18. The molecule has 0 bridgehead atoms. The molecule has 2 N–H and O–H groups in total. The predicted molar refractivity (Wildman–Crippen MR) is 62.1 cm³/mol. The van der Waals surface area contributed by atoms with Crippen molar-refractivity contribution in [2.45, 2.75) is 50.6 Å². The van der Waals surface area contributed by atoms with E-state index in [0.29, 0.717) is 12.5 Å². The summed E-state index contributed by atoms with van der Waals surface area (Å²) in [5.41, 5.74) is 0. The number of hydrogen-bond donors (Lipinski definition) is 2. The number of aliphatic hydroxyl groups is 1. The molecule has 0 radical (unpaired) electrons.